The number of H-pyrrole nitrogens is 1. The molecule has 0 aliphatic heterocycles. The second-order valence-corrected chi connectivity index (χ2v) is 5.12. The van der Waals surface area contributed by atoms with Crippen LogP contribution >= 0.6 is 0 Å². The molecule has 5 heteroatoms. The van der Waals surface area contributed by atoms with E-state index in [1.807, 2.05) is 13.8 Å². The molecule has 2 aromatic rings. The van der Waals surface area contributed by atoms with E-state index in [0.29, 0.717) is 22.7 Å². The lowest BCUT2D eigenvalue weighted by Gasteiger charge is -2.03. The fourth-order valence-corrected chi connectivity index (χ4v) is 2.22. The third-order valence-corrected chi connectivity index (χ3v) is 3.43. The molecule has 92 valence electrons. The van der Waals surface area contributed by atoms with Gasteiger partial charge in [0.25, 0.3) is 5.56 Å². The van der Waals surface area contributed by atoms with E-state index in [9.17, 15) is 10.1 Å². The molecule has 3 rings (SSSR count). The van der Waals surface area contributed by atoms with E-state index in [-0.39, 0.29) is 11.5 Å². The molecule has 1 N–H and O–H groups in total. The minimum Gasteiger partial charge on any atom is -0.292 e. The Labute approximate surface area is 104 Å². The van der Waals surface area contributed by atoms with Gasteiger partial charge in [0.2, 0.25) is 0 Å². The van der Waals surface area contributed by atoms with Crippen LogP contribution in [0.25, 0.3) is 5.65 Å². The molecule has 0 spiro atoms. The van der Waals surface area contributed by atoms with Crippen molar-refractivity contribution >= 4 is 5.65 Å². The maximum absolute atomic E-state index is 12.3. The molecule has 1 fully saturated rings. The molecule has 0 bridgehead atoms. The van der Waals surface area contributed by atoms with Gasteiger partial charge in [0, 0.05) is 17.7 Å². The Morgan fingerprint density at radius 3 is 2.83 bits per heavy atom. The third kappa shape index (κ3) is 1.46. The van der Waals surface area contributed by atoms with Crippen LogP contribution in [0.2, 0.25) is 0 Å². The van der Waals surface area contributed by atoms with Crippen molar-refractivity contribution in [2.24, 2.45) is 0 Å². The van der Waals surface area contributed by atoms with Gasteiger partial charge < -0.3 is 0 Å². The van der Waals surface area contributed by atoms with E-state index in [2.05, 4.69) is 16.2 Å². The van der Waals surface area contributed by atoms with Crippen molar-refractivity contribution in [1.29, 1.82) is 5.26 Å². The summed E-state index contributed by atoms with van der Waals surface area (Å²) in [4.78, 5) is 16.6. The van der Waals surface area contributed by atoms with Crippen LogP contribution in [0.3, 0.4) is 0 Å². The number of nitrogens with one attached hydrogen (secondary N) is 1. The van der Waals surface area contributed by atoms with Crippen LogP contribution < -0.4 is 5.56 Å². The van der Waals surface area contributed by atoms with Crippen molar-refractivity contribution in [2.45, 2.75) is 38.5 Å². The van der Waals surface area contributed by atoms with Gasteiger partial charge in [-0.25, -0.2) is 4.98 Å². The van der Waals surface area contributed by atoms with Gasteiger partial charge in [0.05, 0.1) is 5.69 Å². The zero-order chi connectivity index (χ0) is 12.9. The molecule has 2 heterocycles. The fourth-order valence-electron chi connectivity index (χ4n) is 2.22. The third-order valence-electron chi connectivity index (χ3n) is 3.43. The number of rotatable bonds is 2. The molecule has 0 amide bonds. The molecule has 1 aliphatic carbocycles. The first kappa shape index (κ1) is 11.0. The summed E-state index contributed by atoms with van der Waals surface area (Å²) < 4.78 is 1.42. The van der Waals surface area contributed by atoms with Crippen molar-refractivity contribution in [3.63, 3.8) is 0 Å². The molecule has 0 unspecified atom stereocenters. The minimum absolute atomic E-state index is 0.0987. The Bertz CT molecular complexity index is 713. The summed E-state index contributed by atoms with van der Waals surface area (Å²) in [6, 6.07) is 2.16. The molecule has 18 heavy (non-hydrogen) atoms. The first-order valence-electron chi connectivity index (χ1n) is 6.17. The van der Waals surface area contributed by atoms with Crippen molar-refractivity contribution in [3.05, 3.63) is 33.4 Å². The van der Waals surface area contributed by atoms with Crippen LogP contribution in [-0.2, 0) is 0 Å². The monoisotopic (exact) mass is 242 g/mol. The van der Waals surface area contributed by atoms with Crippen molar-refractivity contribution < 1.29 is 0 Å². The number of aromatic nitrogens is 3. The Kier molecular flexibility index (Phi) is 2.27. The average Bonchev–Trinajstić information content (AvgIpc) is 3.10. The van der Waals surface area contributed by atoms with Crippen molar-refractivity contribution in [2.75, 3.05) is 0 Å². The van der Waals surface area contributed by atoms with E-state index in [0.717, 1.165) is 18.5 Å². The molecule has 0 atom stereocenters. The average molecular weight is 242 g/mol. The lowest BCUT2D eigenvalue weighted by atomic mass is 10.1. The highest BCUT2D eigenvalue weighted by molar-refractivity contribution is 5.59. The first-order chi connectivity index (χ1) is 8.63. The molecule has 0 radical (unpaired) electrons. The fraction of sp³-hybridized carbons (Fsp3) is 0.462. The van der Waals surface area contributed by atoms with Crippen LogP contribution in [0.4, 0.5) is 0 Å². The van der Waals surface area contributed by atoms with Gasteiger partial charge in [-0.1, -0.05) is 13.8 Å². The highest BCUT2D eigenvalue weighted by Crippen LogP contribution is 2.41. The van der Waals surface area contributed by atoms with Crippen molar-refractivity contribution in [3.8, 4) is 6.07 Å². The van der Waals surface area contributed by atoms with E-state index >= 15 is 0 Å². The summed E-state index contributed by atoms with van der Waals surface area (Å²) in [6.07, 6.45) is 3.74. The molecule has 5 nitrogen and oxygen atoms in total. The van der Waals surface area contributed by atoms with E-state index in [1.54, 1.807) is 6.20 Å². The quantitative estimate of drug-likeness (QED) is 0.873. The topological polar surface area (TPSA) is 73.9 Å². The summed E-state index contributed by atoms with van der Waals surface area (Å²) in [6.45, 7) is 3.92. The summed E-state index contributed by atoms with van der Waals surface area (Å²) in [5.41, 5.74) is 2.40. The van der Waals surface area contributed by atoms with Gasteiger partial charge in [-0.05, 0) is 18.8 Å². The normalized spacial score (nSPS) is 15.2. The van der Waals surface area contributed by atoms with Gasteiger partial charge in [0.1, 0.15) is 11.6 Å². The molecular formula is C13H14N4O. The number of nitriles is 1. The van der Waals surface area contributed by atoms with E-state index < -0.39 is 0 Å². The smallest absolute Gasteiger partial charge is 0.276 e. The van der Waals surface area contributed by atoms with Crippen molar-refractivity contribution in [1.82, 2.24) is 14.6 Å². The van der Waals surface area contributed by atoms with Gasteiger partial charge in [-0.2, -0.15) is 9.78 Å². The number of nitrogens with zero attached hydrogens (tertiary/aromatic N) is 3. The summed E-state index contributed by atoms with van der Waals surface area (Å²) in [5, 5.41) is 12.3. The minimum atomic E-state index is -0.0987. The summed E-state index contributed by atoms with van der Waals surface area (Å²) in [5.74, 6) is 0.517. The second kappa shape index (κ2) is 3.70. The van der Waals surface area contributed by atoms with Gasteiger partial charge in [-0.15, -0.1) is 0 Å². The van der Waals surface area contributed by atoms with E-state index in [4.69, 9.17) is 0 Å². The highest BCUT2D eigenvalue weighted by Gasteiger charge is 2.30. The Hall–Kier alpha value is -2.09. The van der Waals surface area contributed by atoms with Gasteiger partial charge in [-0.3, -0.25) is 9.89 Å². The molecule has 0 saturated heterocycles. The standard InChI is InChI=1S/C13H14N4O/c1-7(2)10-6-15-12-9(5-14)11(8-3-4-8)16-17(12)13(10)18/h6-8,16H,3-4H2,1-2H3. The molecule has 0 aromatic carbocycles. The summed E-state index contributed by atoms with van der Waals surface area (Å²) in [7, 11) is 0. The summed E-state index contributed by atoms with van der Waals surface area (Å²) >= 11 is 0. The number of fused-ring (bicyclic) bond motifs is 1. The zero-order valence-corrected chi connectivity index (χ0v) is 10.4. The van der Waals surface area contributed by atoms with Crippen LogP contribution in [0.5, 0.6) is 0 Å². The molecule has 2 aromatic heterocycles. The second-order valence-electron chi connectivity index (χ2n) is 5.12. The first-order valence-corrected chi connectivity index (χ1v) is 6.17. The van der Waals surface area contributed by atoms with E-state index in [1.165, 1.54) is 4.52 Å². The lowest BCUT2D eigenvalue weighted by Crippen LogP contribution is -2.20. The predicted molar refractivity (Wildman–Crippen MR) is 66.6 cm³/mol. The van der Waals surface area contributed by atoms with Crippen LogP contribution in [0.1, 0.15) is 55.3 Å². The lowest BCUT2D eigenvalue weighted by molar-refractivity contribution is 0.783. The highest BCUT2D eigenvalue weighted by atomic mass is 16.1. The molecule has 1 aliphatic rings. The number of hydrogen-bond donors (Lipinski definition) is 1. The SMILES string of the molecule is CC(C)c1cnc2c(C#N)c(C3CC3)[nH]n2c1=O. The van der Waals surface area contributed by atoms with Gasteiger partial charge in [0.15, 0.2) is 5.65 Å². The largest absolute Gasteiger partial charge is 0.292 e. The molecular weight excluding hydrogens is 228 g/mol. The Morgan fingerprint density at radius 1 is 1.56 bits per heavy atom. The van der Waals surface area contributed by atoms with Gasteiger partial charge >= 0.3 is 0 Å². The maximum Gasteiger partial charge on any atom is 0.276 e. The van der Waals surface area contributed by atoms with Crippen LogP contribution in [0, 0.1) is 11.3 Å². The predicted octanol–water partition coefficient (Wildman–Crippen LogP) is 1.90. The molecule has 1 saturated carbocycles. The number of aromatic amines is 1. The zero-order valence-electron chi connectivity index (χ0n) is 10.4. The maximum atomic E-state index is 12.3. The Morgan fingerprint density at radius 2 is 2.28 bits per heavy atom. The van der Waals surface area contributed by atoms with Crippen LogP contribution in [0.15, 0.2) is 11.0 Å². The van der Waals surface area contributed by atoms with Crippen LogP contribution in [-0.4, -0.2) is 14.6 Å². The Balaban J connectivity index is 2.34. The number of hydrogen-bond acceptors (Lipinski definition) is 3.